The van der Waals surface area contributed by atoms with Crippen LogP contribution in [-0.4, -0.2) is 0 Å². The van der Waals surface area contributed by atoms with Crippen LogP contribution in [-0.2, 0) is 11.8 Å². The van der Waals surface area contributed by atoms with Crippen LogP contribution in [0.3, 0.4) is 0 Å². The van der Waals surface area contributed by atoms with Gasteiger partial charge in [-0.2, -0.15) is 0 Å². The van der Waals surface area contributed by atoms with Gasteiger partial charge in [0, 0.05) is 46.2 Å². The van der Waals surface area contributed by atoms with Crippen molar-refractivity contribution in [1.82, 2.24) is 0 Å². The zero-order chi connectivity index (χ0) is 33.4. The number of rotatable bonds is 5. The summed E-state index contributed by atoms with van der Waals surface area (Å²) in [5.74, 6) is 1.35. The van der Waals surface area contributed by atoms with E-state index in [1.165, 1.54) is 60.7 Å². The maximum Gasteiger partial charge on any atom is 0.134 e. The summed E-state index contributed by atoms with van der Waals surface area (Å²) in [6.07, 6.45) is 11.7. The Kier molecular flexibility index (Phi) is 6.34. The molecule has 1 atom stereocenters. The molecular formula is C48H35NO. The normalized spacial score (nSPS) is 16.4. The first-order valence-electron chi connectivity index (χ1n) is 17.5. The van der Waals surface area contributed by atoms with Gasteiger partial charge in [-0.15, -0.1) is 5.73 Å². The van der Waals surface area contributed by atoms with Gasteiger partial charge in [0.15, 0.2) is 0 Å². The molecular weight excluding hydrogens is 607 g/mol. The van der Waals surface area contributed by atoms with Crippen LogP contribution in [0.2, 0.25) is 0 Å². The van der Waals surface area contributed by atoms with Gasteiger partial charge in [-0.25, -0.2) is 0 Å². The minimum Gasteiger partial charge on any atom is -0.460 e. The molecule has 1 heterocycles. The Morgan fingerprint density at radius 2 is 1.48 bits per heavy atom. The highest BCUT2D eigenvalue weighted by Gasteiger charge is 2.35. The van der Waals surface area contributed by atoms with Crippen LogP contribution in [0.4, 0.5) is 11.4 Å². The quantitative estimate of drug-likeness (QED) is 0.174. The molecule has 1 aromatic heterocycles. The van der Waals surface area contributed by atoms with Crippen molar-refractivity contribution in [3.63, 3.8) is 0 Å². The number of allylic oxidation sites excluding steroid dienone is 3. The molecule has 0 amide bonds. The van der Waals surface area contributed by atoms with Crippen molar-refractivity contribution in [3.05, 3.63) is 191 Å². The third-order valence-corrected chi connectivity index (χ3v) is 11.1. The highest BCUT2D eigenvalue weighted by Crippen LogP contribution is 2.50. The van der Waals surface area contributed by atoms with E-state index in [4.69, 9.17) is 4.42 Å². The maximum atomic E-state index is 6.49. The zero-order valence-corrected chi connectivity index (χ0v) is 28.2. The van der Waals surface area contributed by atoms with Gasteiger partial charge in [-0.3, -0.25) is 0 Å². The fraction of sp³-hybridized carbons (Fsp3) is 0.104. The second-order valence-corrected chi connectivity index (χ2v) is 14.2. The summed E-state index contributed by atoms with van der Waals surface area (Å²) >= 11 is 0. The first-order valence-corrected chi connectivity index (χ1v) is 17.5. The first-order chi connectivity index (χ1) is 24.5. The lowest BCUT2D eigenvalue weighted by molar-refractivity contribution is 0.533. The lowest BCUT2D eigenvalue weighted by atomic mass is 9.82. The van der Waals surface area contributed by atoms with Crippen molar-refractivity contribution in [2.45, 2.75) is 31.6 Å². The van der Waals surface area contributed by atoms with E-state index in [0.29, 0.717) is 0 Å². The molecule has 0 fully saturated rings. The minimum absolute atomic E-state index is 0.0629. The molecule has 3 aliphatic carbocycles. The topological polar surface area (TPSA) is 16.4 Å². The number of furan rings is 1. The number of benzene rings is 6. The van der Waals surface area contributed by atoms with Crippen molar-refractivity contribution in [3.8, 4) is 22.3 Å². The van der Waals surface area contributed by atoms with Crippen LogP contribution < -0.4 is 4.90 Å². The van der Waals surface area contributed by atoms with E-state index in [-0.39, 0.29) is 11.3 Å². The van der Waals surface area contributed by atoms with E-state index in [1.54, 1.807) is 0 Å². The van der Waals surface area contributed by atoms with E-state index in [2.05, 4.69) is 176 Å². The maximum absolute atomic E-state index is 6.49. The van der Waals surface area contributed by atoms with E-state index in [9.17, 15) is 0 Å². The minimum atomic E-state index is -0.0629. The molecule has 2 nitrogen and oxygen atoms in total. The number of nitrogens with zero attached hydrogens (tertiary/aromatic N) is 1. The molecule has 0 saturated carbocycles. The van der Waals surface area contributed by atoms with Crippen LogP contribution in [0.5, 0.6) is 0 Å². The third-order valence-electron chi connectivity index (χ3n) is 11.1. The van der Waals surface area contributed by atoms with Crippen LogP contribution in [0.25, 0.3) is 50.1 Å². The Bertz CT molecular complexity index is 2630. The molecule has 7 aromatic rings. The van der Waals surface area contributed by atoms with Gasteiger partial charge >= 0.3 is 0 Å². The molecule has 0 spiro atoms. The van der Waals surface area contributed by atoms with Gasteiger partial charge in [0.2, 0.25) is 0 Å². The third kappa shape index (κ3) is 4.43. The number of fused-ring (bicyclic) bond motifs is 7. The van der Waals surface area contributed by atoms with Gasteiger partial charge in [-0.1, -0.05) is 117 Å². The predicted octanol–water partition coefficient (Wildman–Crippen LogP) is 12.7. The second kappa shape index (κ2) is 11.0. The fourth-order valence-electron chi connectivity index (χ4n) is 8.48. The predicted molar refractivity (Wildman–Crippen MR) is 208 cm³/mol. The summed E-state index contributed by atoms with van der Waals surface area (Å²) in [6.45, 7) is 4.67. The Labute approximate surface area is 292 Å². The molecule has 0 N–H and O–H groups in total. The summed E-state index contributed by atoms with van der Waals surface area (Å²) in [4.78, 5) is 2.34. The highest BCUT2D eigenvalue weighted by molar-refractivity contribution is 5.94. The summed E-state index contributed by atoms with van der Waals surface area (Å²) in [7, 11) is 0. The van der Waals surface area contributed by atoms with Crippen molar-refractivity contribution < 1.29 is 4.42 Å². The smallest absolute Gasteiger partial charge is 0.134 e. The monoisotopic (exact) mass is 641 g/mol. The molecule has 238 valence electrons. The van der Waals surface area contributed by atoms with E-state index in [1.807, 2.05) is 6.08 Å². The average Bonchev–Trinajstić information content (AvgIpc) is 3.87. The average molecular weight is 642 g/mol. The van der Waals surface area contributed by atoms with Gasteiger partial charge in [0.05, 0.1) is 5.70 Å². The standard InChI is InChI=1S/C48H35NO/c1-48(2)44-17-8-7-15-40(44)41-26-24-37(30-45(41)48)49(35-12-4-5-13-35)36-22-18-31(19-23-36)33-21-27-46-43(28-33)42-25-20-34(29-47(42)50-46)39-16-9-11-32-10-3-6-14-38(32)39/h3-4,6-28,30,34H,29H2,1-2H3. The van der Waals surface area contributed by atoms with Crippen LogP contribution in [0.15, 0.2) is 168 Å². The van der Waals surface area contributed by atoms with Crippen LogP contribution in [0.1, 0.15) is 47.8 Å². The fourth-order valence-corrected chi connectivity index (χ4v) is 8.48. The molecule has 2 heteroatoms. The van der Waals surface area contributed by atoms with Crippen molar-refractivity contribution in [2.24, 2.45) is 0 Å². The summed E-state index contributed by atoms with van der Waals surface area (Å²) in [5.41, 5.74) is 17.9. The van der Waals surface area contributed by atoms with Gasteiger partial charge in [-0.05, 0) is 98.3 Å². The number of hydrogen-bond donors (Lipinski definition) is 0. The van der Waals surface area contributed by atoms with E-state index in [0.717, 1.165) is 34.8 Å². The SMILES string of the molecule is CC1(C)c2ccccc2-c2ccc(N(C3=CC=C=C3)c3ccc(-c4ccc5oc6c(c5c4)C=CC(c4cccc5ccccc45)C6)cc3)cc21. The Morgan fingerprint density at radius 1 is 0.700 bits per heavy atom. The van der Waals surface area contributed by atoms with Gasteiger partial charge in [0.1, 0.15) is 11.3 Å². The number of anilines is 2. The Balaban J connectivity index is 0.975. The largest absolute Gasteiger partial charge is 0.460 e. The molecule has 0 saturated heterocycles. The van der Waals surface area contributed by atoms with Crippen molar-refractivity contribution in [2.75, 3.05) is 4.90 Å². The molecule has 1 unspecified atom stereocenters. The molecule has 0 aliphatic heterocycles. The lowest BCUT2D eigenvalue weighted by Crippen LogP contribution is -2.18. The molecule has 10 rings (SSSR count). The summed E-state index contributed by atoms with van der Waals surface area (Å²) in [6, 6.07) is 46.6. The molecule has 0 radical (unpaired) electrons. The molecule has 50 heavy (non-hydrogen) atoms. The molecule has 6 aromatic carbocycles. The van der Waals surface area contributed by atoms with Crippen LogP contribution in [0, 0.1) is 0 Å². The Hall–Kier alpha value is -6.08. The number of hydrogen-bond acceptors (Lipinski definition) is 2. The summed E-state index contributed by atoms with van der Waals surface area (Å²) in [5, 5.41) is 3.77. The van der Waals surface area contributed by atoms with Gasteiger partial charge in [0.25, 0.3) is 0 Å². The van der Waals surface area contributed by atoms with Crippen molar-refractivity contribution >= 4 is 39.2 Å². The Morgan fingerprint density at radius 3 is 2.36 bits per heavy atom. The van der Waals surface area contributed by atoms with Crippen molar-refractivity contribution in [1.29, 1.82) is 0 Å². The lowest BCUT2D eigenvalue weighted by Gasteiger charge is -2.28. The first kappa shape index (κ1) is 28.9. The molecule has 3 aliphatic rings. The second-order valence-electron chi connectivity index (χ2n) is 14.2. The van der Waals surface area contributed by atoms with E-state index >= 15 is 0 Å². The summed E-state index contributed by atoms with van der Waals surface area (Å²) < 4.78 is 6.49. The zero-order valence-electron chi connectivity index (χ0n) is 28.2. The van der Waals surface area contributed by atoms with Gasteiger partial charge < -0.3 is 9.32 Å². The van der Waals surface area contributed by atoms with E-state index < -0.39 is 0 Å². The molecule has 0 bridgehead atoms. The van der Waals surface area contributed by atoms with Crippen LogP contribution >= 0.6 is 0 Å². The highest BCUT2D eigenvalue weighted by atomic mass is 16.3.